The Kier molecular flexibility index (Phi) is 7.07. The Hall–Kier alpha value is -6.62. The lowest BCUT2D eigenvalue weighted by atomic mass is 9.73. The van der Waals surface area contributed by atoms with Gasteiger partial charge in [-0.25, -0.2) is 9.97 Å². The van der Waals surface area contributed by atoms with Crippen molar-refractivity contribution in [1.82, 2.24) is 9.97 Å². The number of hydrogen-bond donors (Lipinski definition) is 0. The monoisotopic (exact) mass is 721 g/mol. The molecule has 0 saturated heterocycles. The van der Waals surface area contributed by atoms with Crippen LogP contribution < -0.4 is 4.90 Å². The van der Waals surface area contributed by atoms with Crippen LogP contribution in [0.2, 0.25) is 0 Å². The minimum Gasteiger partial charge on any atom is -0.310 e. The molecule has 55 heavy (non-hydrogen) atoms. The number of para-hydroxylation sites is 1. The van der Waals surface area contributed by atoms with E-state index < -0.39 is 0 Å². The van der Waals surface area contributed by atoms with Crippen molar-refractivity contribution in [2.75, 3.05) is 4.90 Å². The summed E-state index contributed by atoms with van der Waals surface area (Å²) in [6, 6.07) is 63.5. The summed E-state index contributed by atoms with van der Waals surface area (Å²) in [6.45, 7) is 4.74. The molecule has 10 aromatic rings. The third-order valence-corrected chi connectivity index (χ3v) is 12.5. The van der Waals surface area contributed by atoms with Gasteiger partial charge in [0.1, 0.15) is 0 Å². The van der Waals surface area contributed by atoms with E-state index in [4.69, 9.17) is 9.97 Å². The van der Waals surface area contributed by atoms with E-state index in [0.29, 0.717) is 5.82 Å². The summed E-state index contributed by atoms with van der Waals surface area (Å²) < 4.78 is 2.60. The highest BCUT2D eigenvalue weighted by molar-refractivity contribution is 7.25. The van der Waals surface area contributed by atoms with Gasteiger partial charge in [0, 0.05) is 53.2 Å². The van der Waals surface area contributed by atoms with Crippen LogP contribution in [0.25, 0.3) is 75.6 Å². The first-order chi connectivity index (χ1) is 27.0. The zero-order chi connectivity index (χ0) is 36.7. The van der Waals surface area contributed by atoms with Crippen LogP contribution in [0.4, 0.5) is 17.1 Å². The van der Waals surface area contributed by atoms with E-state index in [1.165, 1.54) is 42.7 Å². The number of hydrogen-bond acceptors (Lipinski definition) is 4. The summed E-state index contributed by atoms with van der Waals surface area (Å²) in [4.78, 5) is 13.3. The Morgan fingerprint density at radius 1 is 0.455 bits per heavy atom. The Balaban J connectivity index is 1.21. The van der Waals surface area contributed by atoms with Crippen LogP contribution in [-0.2, 0) is 5.41 Å². The molecule has 4 heteroatoms. The molecule has 0 spiro atoms. The lowest BCUT2D eigenvalue weighted by Crippen LogP contribution is -2.30. The van der Waals surface area contributed by atoms with E-state index in [1.807, 2.05) is 11.3 Å². The SMILES string of the molecule is CC1(C)c2ccccc2N(c2cc(-c3ccccc3)cc(-c3nc(-c4ccccc4)c4ccc5ccccc5c4n3)c2)c2cc3sc4ccccc4c3cc21. The van der Waals surface area contributed by atoms with Crippen LogP contribution >= 0.6 is 11.3 Å². The van der Waals surface area contributed by atoms with Gasteiger partial charge in [0.25, 0.3) is 0 Å². The maximum Gasteiger partial charge on any atom is 0.160 e. The van der Waals surface area contributed by atoms with Gasteiger partial charge in [0.05, 0.1) is 22.6 Å². The zero-order valence-corrected chi connectivity index (χ0v) is 31.3. The predicted octanol–water partition coefficient (Wildman–Crippen LogP) is 14.3. The predicted molar refractivity (Wildman–Crippen MR) is 233 cm³/mol. The zero-order valence-electron chi connectivity index (χ0n) is 30.5. The standard InChI is InChI=1S/C51H35N3S/c1-51(2)42-22-12-13-23-44(42)54(45-31-47-41(30-43(45)51)39-21-11-14-24-46(39)55-47)37-28-35(32-15-5-3-6-16-32)27-36(29-37)50-52-48(34-18-7-4-8-19-34)40-26-25-33-17-9-10-20-38(33)49(40)53-50/h3-31H,1-2H3. The van der Waals surface area contributed by atoms with E-state index >= 15 is 0 Å². The smallest absolute Gasteiger partial charge is 0.160 e. The summed E-state index contributed by atoms with van der Waals surface area (Å²) in [7, 11) is 0. The normalized spacial score (nSPS) is 13.4. The summed E-state index contributed by atoms with van der Waals surface area (Å²) in [5.74, 6) is 0.701. The van der Waals surface area contributed by atoms with Crippen LogP contribution in [0.15, 0.2) is 176 Å². The Bertz CT molecular complexity index is 3130. The van der Waals surface area contributed by atoms with Crippen LogP contribution in [0.5, 0.6) is 0 Å². The Morgan fingerprint density at radius 3 is 1.98 bits per heavy atom. The van der Waals surface area contributed by atoms with Gasteiger partial charge < -0.3 is 4.90 Å². The highest BCUT2D eigenvalue weighted by Gasteiger charge is 2.37. The summed E-state index contributed by atoms with van der Waals surface area (Å²) in [6.07, 6.45) is 0. The summed E-state index contributed by atoms with van der Waals surface area (Å²) >= 11 is 1.87. The maximum absolute atomic E-state index is 5.43. The minimum absolute atomic E-state index is 0.216. The first-order valence-corrected chi connectivity index (χ1v) is 19.6. The number of rotatable bonds is 4. The molecule has 1 aliphatic rings. The number of benzene rings is 8. The molecular weight excluding hydrogens is 687 g/mol. The fourth-order valence-corrected chi connectivity index (χ4v) is 9.79. The van der Waals surface area contributed by atoms with Crippen LogP contribution in [-0.4, -0.2) is 9.97 Å². The largest absolute Gasteiger partial charge is 0.310 e. The van der Waals surface area contributed by atoms with Gasteiger partial charge in [0.15, 0.2) is 5.82 Å². The van der Waals surface area contributed by atoms with Crippen molar-refractivity contribution < 1.29 is 0 Å². The van der Waals surface area contributed by atoms with Crippen molar-refractivity contribution in [2.24, 2.45) is 0 Å². The van der Waals surface area contributed by atoms with Gasteiger partial charge in [-0.2, -0.15) is 0 Å². The van der Waals surface area contributed by atoms with Gasteiger partial charge in [-0.05, 0) is 76.2 Å². The second kappa shape index (κ2) is 12.2. The number of anilines is 3. The summed E-state index contributed by atoms with van der Waals surface area (Å²) in [5, 5.41) is 5.95. The second-order valence-corrected chi connectivity index (χ2v) is 16.1. The molecule has 11 rings (SSSR count). The van der Waals surface area contributed by atoms with E-state index in [-0.39, 0.29) is 5.41 Å². The first kappa shape index (κ1) is 31.9. The molecule has 3 heterocycles. The van der Waals surface area contributed by atoms with Crippen LogP contribution in [0, 0.1) is 0 Å². The molecule has 0 fully saturated rings. The van der Waals surface area contributed by atoms with Crippen LogP contribution in [0.1, 0.15) is 25.0 Å². The molecular formula is C51H35N3S. The molecule has 0 saturated carbocycles. The third kappa shape index (κ3) is 5.02. The molecule has 0 bridgehead atoms. The number of fused-ring (bicyclic) bond motifs is 8. The molecule has 260 valence electrons. The van der Waals surface area contributed by atoms with Crippen molar-refractivity contribution >= 4 is 70.2 Å². The van der Waals surface area contributed by atoms with Crippen molar-refractivity contribution in [3.05, 3.63) is 187 Å². The van der Waals surface area contributed by atoms with Crippen molar-refractivity contribution in [2.45, 2.75) is 19.3 Å². The molecule has 3 nitrogen and oxygen atoms in total. The van der Waals surface area contributed by atoms with E-state index in [9.17, 15) is 0 Å². The lowest BCUT2D eigenvalue weighted by Gasteiger charge is -2.42. The Labute approximate surface area is 323 Å². The van der Waals surface area contributed by atoms with Crippen molar-refractivity contribution in [3.63, 3.8) is 0 Å². The molecule has 0 aliphatic carbocycles. The fraction of sp³-hybridized carbons (Fsp3) is 0.0588. The lowest BCUT2D eigenvalue weighted by molar-refractivity contribution is 0.633. The average Bonchev–Trinajstić information content (AvgIpc) is 3.61. The average molecular weight is 722 g/mol. The van der Waals surface area contributed by atoms with Gasteiger partial charge in [-0.1, -0.05) is 141 Å². The highest BCUT2D eigenvalue weighted by Crippen LogP contribution is 2.54. The minimum atomic E-state index is -0.216. The third-order valence-electron chi connectivity index (χ3n) is 11.4. The molecule has 0 N–H and O–H groups in total. The van der Waals surface area contributed by atoms with E-state index in [2.05, 4.69) is 195 Å². The van der Waals surface area contributed by atoms with Gasteiger partial charge in [0.2, 0.25) is 0 Å². The molecule has 0 unspecified atom stereocenters. The van der Waals surface area contributed by atoms with Crippen LogP contribution in [0.3, 0.4) is 0 Å². The quantitative estimate of drug-likeness (QED) is 0.169. The molecule has 2 aromatic heterocycles. The molecule has 0 radical (unpaired) electrons. The number of aromatic nitrogens is 2. The number of thiophene rings is 1. The maximum atomic E-state index is 5.43. The molecule has 0 amide bonds. The fourth-order valence-electron chi connectivity index (χ4n) is 8.67. The Morgan fingerprint density at radius 2 is 1.15 bits per heavy atom. The second-order valence-electron chi connectivity index (χ2n) is 15.0. The van der Waals surface area contributed by atoms with Gasteiger partial charge in [-0.3, -0.25) is 0 Å². The topological polar surface area (TPSA) is 29.0 Å². The van der Waals surface area contributed by atoms with Gasteiger partial charge >= 0.3 is 0 Å². The van der Waals surface area contributed by atoms with Crippen molar-refractivity contribution in [1.29, 1.82) is 0 Å². The summed E-state index contributed by atoms with van der Waals surface area (Å²) in [5.41, 5.74) is 12.0. The number of nitrogens with zero attached hydrogens (tertiary/aromatic N) is 3. The van der Waals surface area contributed by atoms with Crippen molar-refractivity contribution in [3.8, 4) is 33.8 Å². The molecule has 0 atom stereocenters. The highest BCUT2D eigenvalue weighted by atomic mass is 32.1. The molecule has 1 aliphatic heterocycles. The first-order valence-electron chi connectivity index (χ1n) is 18.8. The van der Waals surface area contributed by atoms with E-state index in [0.717, 1.165) is 55.3 Å². The molecule has 8 aromatic carbocycles. The van der Waals surface area contributed by atoms with E-state index in [1.54, 1.807) is 0 Å². The van der Waals surface area contributed by atoms with Gasteiger partial charge in [-0.15, -0.1) is 11.3 Å².